The molecule has 5 nitrogen and oxygen atoms in total. The molecule has 0 aliphatic rings. The number of hydrogen-bond acceptors (Lipinski definition) is 5. The first-order chi connectivity index (χ1) is 21.6. The molecule has 0 aliphatic carbocycles. The first-order valence-corrected chi connectivity index (χ1v) is 18.2. The van der Waals surface area contributed by atoms with Gasteiger partial charge in [0.15, 0.2) is 6.10 Å². The van der Waals surface area contributed by atoms with E-state index in [1.165, 1.54) is 77.0 Å². The second kappa shape index (κ2) is 35.3. The molecule has 0 amide bonds. The predicted octanol–water partition coefficient (Wildman–Crippen LogP) is 11.1. The van der Waals surface area contributed by atoms with E-state index >= 15 is 0 Å². The van der Waals surface area contributed by atoms with Crippen LogP contribution in [0.2, 0.25) is 0 Å². The second-order valence-corrected chi connectivity index (χ2v) is 11.9. The molecule has 0 fully saturated rings. The van der Waals surface area contributed by atoms with Gasteiger partial charge in [-0.3, -0.25) is 9.59 Å². The van der Waals surface area contributed by atoms with Crippen molar-refractivity contribution in [3.05, 3.63) is 48.6 Å². The Morgan fingerprint density at radius 3 is 1.45 bits per heavy atom. The third kappa shape index (κ3) is 32.8. The van der Waals surface area contributed by atoms with Crippen molar-refractivity contribution in [2.45, 2.75) is 174 Å². The largest absolute Gasteiger partial charge is 0.462 e. The fourth-order valence-corrected chi connectivity index (χ4v) is 4.77. The number of rotatable bonds is 32. The lowest BCUT2D eigenvalue weighted by atomic mass is 10.1. The number of unbranched alkanes of at least 4 members (excludes halogenated alkanes) is 16. The van der Waals surface area contributed by atoms with Crippen molar-refractivity contribution in [3.8, 4) is 0 Å². The van der Waals surface area contributed by atoms with Crippen LogP contribution in [0.5, 0.6) is 0 Å². The van der Waals surface area contributed by atoms with E-state index in [1.54, 1.807) is 0 Å². The zero-order valence-electron chi connectivity index (χ0n) is 28.7. The number of carbonyl (C=O) groups is 2. The van der Waals surface area contributed by atoms with Crippen LogP contribution in [0, 0.1) is 0 Å². The molecule has 44 heavy (non-hydrogen) atoms. The maximum absolute atomic E-state index is 12.1. The summed E-state index contributed by atoms with van der Waals surface area (Å²) in [6.07, 6.45) is 43.0. The van der Waals surface area contributed by atoms with Crippen molar-refractivity contribution in [3.63, 3.8) is 0 Å². The van der Waals surface area contributed by atoms with Gasteiger partial charge in [-0.1, -0.05) is 133 Å². The minimum Gasteiger partial charge on any atom is -0.462 e. The Hall–Kier alpha value is -2.14. The summed E-state index contributed by atoms with van der Waals surface area (Å²) in [6.45, 7) is 4.04. The highest BCUT2D eigenvalue weighted by molar-refractivity contribution is 5.70. The van der Waals surface area contributed by atoms with Gasteiger partial charge in [0.1, 0.15) is 6.61 Å². The number of aliphatic hydroxyl groups is 1. The highest BCUT2D eigenvalue weighted by atomic mass is 16.6. The van der Waals surface area contributed by atoms with Crippen LogP contribution in [0.3, 0.4) is 0 Å². The van der Waals surface area contributed by atoms with Crippen molar-refractivity contribution in [1.29, 1.82) is 0 Å². The molecular weight excluding hydrogens is 548 g/mol. The van der Waals surface area contributed by atoms with Gasteiger partial charge in [-0.05, 0) is 70.6 Å². The summed E-state index contributed by atoms with van der Waals surface area (Å²) in [5, 5.41) is 9.52. The fraction of sp³-hybridized carbons (Fsp3) is 0.744. The maximum Gasteiger partial charge on any atom is 0.306 e. The zero-order chi connectivity index (χ0) is 32.2. The molecule has 0 rings (SSSR count). The monoisotopic (exact) mass is 617 g/mol. The molecule has 5 heteroatoms. The smallest absolute Gasteiger partial charge is 0.306 e. The Morgan fingerprint density at radius 2 is 0.932 bits per heavy atom. The van der Waals surface area contributed by atoms with Crippen LogP contribution < -0.4 is 0 Å². The third-order valence-electron chi connectivity index (χ3n) is 7.60. The van der Waals surface area contributed by atoms with Crippen LogP contribution >= 0.6 is 0 Å². The highest BCUT2D eigenvalue weighted by Gasteiger charge is 2.16. The van der Waals surface area contributed by atoms with Gasteiger partial charge in [-0.15, -0.1) is 0 Å². The molecule has 0 saturated heterocycles. The zero-order valence-corrected chi connectivity index (χ0v) is 28.7. The Labute approximate surface area is 271 Å². The number of esters is 2. The van der Waals surface area contributed by atoms with E-state index in [-0.39, 0.29) is 25.2 Å². The number of ether oxygens (including phenoxy) is 2. The van der Waals surface area contributed by atoms with Gasteiger partial charge in [0.05, 0.1) is 6.61 Å². The normalized spacial score (nSPS) is 12.7. The van der Waals surface area contributed by atoms with Crippen molar-refractivity contribution in [2.24, 2.45) is 0 Å². The Bertz CT molecular complexity index is 752. The third-order valence-corrected chi connectivity index (χ3v) is 7.60. The van der Waals surface area contributed by atoms with Crippen molar-refractivity contribution < 1.29 is 24.2 Å². The quantitative estimate of drug-likeness (QED) is 0.0462. The molecule has 1 N–H and O–H groups in total. The Morgan fingerprint density at radius 1 is 0.523 bits per heavy atom. The molecule has 1 unspecified atom stereocenters. The van der Waals surface area contributed by atoms with E-state index in [2.05, 4.69) is 62.5 Å². The number of carbonyl (C=O) groups excluding carboxylic acids is 2. The molecule has 254 valence electrons. The van der Waals surface area contributed by atoms with Crippen LogP contribution in [0.4, 0.5) is 0 Å². The molecule has 0 aromatic carbocycles. The van der Waals surface area contributed by atoms with E-state index in [1.807, 2.05) is 0 Å². The van der Waals surface area contributed by atoms with E-state index in [4.69, 9.17) is 9.47 Å². The number of aliphatic hydroxyl groups excluding tert-OH is 1. The van der Waals surface area contributed by atoms with Crippen molar-refractivity contribution in [1.82, 2.24) is 0 Å². The van der Waals surface area contributed by atoms with Gasteiger partial charge in [-0.2, -0.15) is 0 Å². The standard InChI is InChI=1S/C39H68O5/c1-3-5-7-9-11-13-15-16-17-18-19-20-21-22-24-26-28-30-32-34-39(42)44-37(35-40)36-43-38(41)33-31-29-27-25-23-14-12-10-8-6-4-2/h10-13,16-17,19-20,37,40H,3-9,14-15,18,21-36H2,1-2H3/b12-10-,13-11-,17-16-,20-19-. The average Bonchev–Trinajstić information content (AvgIpc) is 3.02. The molecule has 0 radical (unpaired) electrons. The lowest BCUT2D eigenvalue weighted by Gasteiger charge is -2.15. The first kappa shape index (κ1) is 41.9. The van der Waals surface area contributed by atoms with Gasteiger partial charge >= 0.3 is 11.9 Å². The first-order valence-electron chi connectivity index (χ1n) is 18.2. The molecule has 0 aromatic heterocycles. The summed E-state index contributed by atoms with van der Waals surface area (Å²) in [5.41, 5.74) is 0. The highest BCUT2D eigenvalue weighted by Crippen LogP contribution is 2.12. The molecule has 0 bridgehead atoms. The molecule has 0 spiro atoms. The summed E-state index contributed by atoms with van der Waals surface area (Å²) in [7, 11) is 0. The van der Waals surface area contributed by atoms with E-state index < -0.39 is 6.10 Å². The SMILES string of the molecule is CCCC/C=C\CCCCCCCC(=O)OCC(CO)OC(=O)CCCCCCCC/C=C\C/C=C\C/C=C\CCCCC. The van der Waals surface area contributed by atoms with Crippen LogP contribution in [0.25, 0.3) is 0 Å². The van der Waals surface area contributed by atoms with Gasteiger partial charge in [0.2, 0.25) is 0 Å². The summed E-state index contributed by atoms with van der Waals surface area (Å²) in [5.74, 6) is -0.621. The number of hydrogen-bond donors (Lipinski definition) is 1. The molecular formula is C39H68O5. The van der Waals surface area contributed by atoms with Gasteiger partial charge in [-0.25, -0.2) is 0 Å². The summed E-state index contributed by atoms with van der Waals surface area (Å²) in [6, 6.07) is 0. The van der Waals surface area contributed by atoms with Gasteiger partial charge < -0.3 is 14.6 Å². The van der Waals surface area contributed by atoms with Crippen LogP contribution in [-0.2, 0) is 19.1 Å². The summed E-state index contributed by atoms with van der Waals surface area (Å²) in [4.78, 5) is 24.1. The summed E-state index contributed by atoms with van der Waals surface area (Å²) >= 11 is 0. The molecule has 0 aliphatic heterocycles. The topological polar surface area (TPSA) is 72.8 Å². The Kier molecular flexibility index (Phi) is 33.6. The molecule has 0 aromatic rings. The molecule has 1 atom stereocenters. The van der Waals surface area contributed by atoms with Gasteiger partial charge in [0.25, 0.3) is 0 Å². The fourth-order valence-electron chi connectivity index (χ4n) is 4.77. The number of allylic oxidation sites excluding steroid dienone is 8. The van der Waals surface area contributed by atoms with Crippen molar-refractivity contribution in [2.75, 3.05) is 13.2 Å². The summed E-state index contributed by atoms with van der Waals surface area (Å²) < 4.78 is 10.5. The second-order valence-electron chi connectivity index (χ2n) is 11.9. The maximum atomic E-state index is 12.1. The molecule has 0 heterocycles. The Balaban J connectivity index is 3.62. The lowest BCUT2D eigenvalue weighted by molar-refractivity contribution is -0.161. The lowest BCUT2D eigenvalue weighted by Crippen LogP contribution is -2.28. The molecule has 0 saturated carbocycles. The minimum atomic E-state index is -0.780. The van der Waals surface area contributed by atoms with Gasteiger partial charge in [0, 0.05) is 12.8 Å². The van der Waals surface area contributed by atoms with Crippen LogP contribution in [-0.4, -0.2) is 36.4 Å². The van der Waals surface area contributed by atoms with E-state index in [0.29, 0.717) is 12.8 Å². The van der Waals surface area contributed by atoms with Crippen molar-refractivity contribution >= 4 is 11.9 Å². The van der Waals surface area contributed by atoms with Crippen LogP contribution in [0.1, 0.15) is 168 Å². The predicted molar refractivity (Wildman–Crippen MR) is 187 cm³/mol. The van der Waals surface area contributed by atoms with E-state index in [9.17, 15) is 14.7 Å². The average molecular weight is 617 g/mol. The van der Waals surface area contributed by atoms with Crippen LogP contribution in [0.15, 0.2) is 48.6 Å². The minimum absolute atomic E-state index is 0.0767. The van der Waals surface area contributed by atoms with E-state index in [0.717, 1.165) is 64.2 Å².